The molecule has 0 aliphatic heterocycles. The third-order valence-corrected chi connectivity index (χ3v) is 3.90. The first-order chi connectivity index (χ1) is 11.4. The highest BCUT2D eigenvalue weighted by atomic mass is 32.1. The van der Waals surface area contributed by atoms with Crippen LogP contribution in [0.3, 0.4) is 0 Å². The Balaban J connectivity index is 2.76. The quantitative estimate of drug-likeness (QED) is 0.383. The first-order valence-electron chi connectivity index (χ1n) is 7.39. The number of methoxy groups -OCH3 is 1. The normalized spacial score (nSPS) is 12.5. The maximum atomic E-state index is 11.6. The number of nitrogens with zero attached hydrogens (tertiary/aromatic N) is 2. The summed E-state index contributed by atoms with van der Waals surface area (Å²) in [4.78, 5) is 11.6. The maximum absolute atomic E-state index is 11.6. The predicted molar refractivity (Wildman–Crippen MR) is 99.9 cm³/mol. The van der Waals surface area contributed by atoms with Crippen molar-refractivity contribution in [1.82, 2.24) is 15.1 Å². The maximum Gasteiger partial charge on any atom is 0.412 e. The predicted octanol–water partition coefficient (Wildman–Crippen LogP) is 2.24. The molecule has 1 atom stereocenters. The number of thiocarbonyl (C=S) groups is 1. The molecule has 134 valence electrons. The highest BCUT2D eigenvalue weighted by Gasteiger charge is 2.16. The van der Waals surface area contributed by atoms with Crippen LogP contribution in [0.15, 0.2) is 5.10 Å². The van der Waals surface area contributed by atoms with E-state index < -0.39 is 6.09 Å². The lowest BCUT2D eigenvalue weighted by Gasteiger charge is -2.14. The van der Waals surface area contributed by atoms with Crippen LogP contribution in [0.1, 0.15) is 32.0 Å². The Morgan fingerprint density at radius 3 is 2.83 bits per heavy atom. The lowest BCUT2D eigenvalue weighted by molar-refractivity contribution is 0.168. The highest BCUT2D eigenvalue weighted by Crippen LogP contribution is 2.25. The Morgan fingerprint density at radius 1 is 1.50 bits per heavy atom. The van der Waals surface area contributed by atoms with Gasteiger partial charge in [0.2, 0.25) is 0 Å². The first kappa shape index (κ1) is 20.3. The molecule has 0 unspecified atom stereocenters. The second kappa shape index (κ2) is 10.2. The SMILES string of the molecule is CCOC(=O)Nc1snc(C)c1/C(C)=N/NC(=S)N[C@@H](C)COC. The zero-order valence-electron chi connectivity index (χ0n) is 14.4. The number of carbonyl (C=O) groups excluding carboxylic acids is 1. The van der Waals surface area contributed by atoms with Crippen LogP contribution in [0, 0.1) is 6.92 Å². The van der Waals surface area contributed by atoms with E-state index in [1.807, 2.05) is 13.8 Å². The van der Waals surface area contributed by atoms with E-state index in [0.29, 0.717) is 29.0 Å². The first-order valence-corrected chi connectivity index (χ1v) is 8.57. The molecule has 1 aromatic heterocycles. The molecule has 24 heavy (non-hydrogen) atoms. The van der Waals surface area contributed by atoms with Crippen molar-refractivity contribution in [3.8, 4) is 0 Å². The summed E-state index contributed by atoms with van der Waals surface area (Å²) in [6.45, 7) is 8.18. The molecule has 8 nitrogen and oxygen atoms in total. The molecule has 1 heterocycles. The molecule has 0 fully saturated rings. The zero-order chi connectivity index (χ0) is 18.1. The number of ether oxygens (including phenoxy) is 2. The Morgan fingerprint density at radius 2 is 2.21 bits per heavy atom. The van der Waals surface area contributed by atoms with Gasteiger partial charge in [-0.1, -0.05) is 0 Å². The van der Waals surface area contributed by atoms with Crippen molar-refractivity contribution in [2.45, 2.75) is 33.7 Å². The van der Waals surface area contributed by atoms with Gasteiger partial charge in [0, 0.05) is 13.2 Å². The van der Waals surface area contributed by atoms with Gasteiger partial charge in [0.1, 0.15) is 5.00 Å². The molecule has 0 saturated carbocycles. The standard InChI is InChI=1S/C14H23N5O3S2/c1-6-22-14(20)16-12-11(10(4)19-24-12)9(3)17-18-13(23)15-8(2)7-21-5/h8H,6-7H2,1-5H3,(H,16,20)(H2,15,18,23)/b17-9+/t8-/m0/s1. The second-order valence-electron chi connectivity index (χ2n) is 4.96. The average Bonchev–Trinajstić information content (AvgIpc) is 2.86. The monoisotopic (exact) mass is 373 g/mol. The fourth-order valence-corrected chi connectivity index (χ4v) is 2.96. The molecular formula is C14H23N5O3S2. The summed E-state index contributed by atoms with van der Waals surface area (Å²) in [6.07, 6.45) is -0.520. The molecule has 0 radical (unpaired) electrons. The molecule has 1 aromatic rings. The molecule has 1 rings (SSSR count). The van der Waals surface area contributed by atoms with Crippen LogP contribution in [-0.2, 0) is 9.47 Å². The lowest BCUT2D eigenvalue weighted by atomic mass is 10.2. The second-order valence-corrected chi connectivity index (χ2v) is 6.14. The molecule has 0 aliphatic carbocycles. The zero-order valence-corrected chi connectivity index (χ0v) is 16.1. The number of carbonyl (C=O) groups is 1. The van der Waals surface area contributed by atoms with E-state index in [0.717, 1.165) is 11.3 Å². The third kappa shape index (κ3) is 6.38. The summed E-state index contributed by atoms with van der Waals surface area (Å²) in [5, 5.41) is 10.9. The Bertz CT molecular complexity index is 603. The van der Waals surface area contributed by atoms with Crippen LogP contribution in [0.2, 0.25) is 0 Å². The van der Waals surface area contributed by atoms with E-state index in [1.165, 1.54) is 11.5 Å². The number of hydrogen-bond donors (Lipinski definition) is 3. The molecular weight excluding hydrogens is 350 g/mol. The smallest absolute Gasteiger partial charge is 0.412 e. The van der Waals surface area contributed by atoms with Gasteiger partial charge in [-0.3, -0.25) is 10.7 Å². The third-order valence-electron chi connectivity index (χ3n) is 2.83. The minimum atomic E-state index is -0.520. The fourth-order valence-electron chi connectivity index (χ4n) is 1.88. The summed E-state index contributed by atoms with van der Waals surface area (Å²) in [7, 11) is 1.63. The molecule has 0 spiro atoms. The van der Waals surface area contributed by atoms with E-state index in [9.17, 15) is 4.79 Å². The van der Waals surface area contributed by atoms with E-state index in [2.05, 4.69) is 25.5 Å². The minimum absolute atomic E-state index is 0.0658. The van der Waals surface area contributed by atoms with Gasteiger partial charge >= 0.3 is 6.09 Å². The molecule has 0 saturated heterocycles. The summed E-state index contributed by atoms with van der Waals surface area (Å²) in [5.74, 6) is 0. The molecule has 0 aliphatic rings. The minimum Gasteiger partial charge on any atom is -0.450 e. The van der Waals surface area contributed by atoms with Crippen LogP contribution in [0.25, 0.3) is 0 Å². The summed E-state index contributed by atoms with van der Waals surface area (Å²) in [6, 6.07) is 0.0658. The van der Waals surface area contributed by atoms with Gasteiger partial charge < -0.3 is 14.8 Å². The number of aryl methyl sites for hydroxylation is 1. The Kier molecular flexibility index (Phi) is 8.58. The van der Waals surface area contributed by atoms with Gasteiger partial charge in [-0.25, -0.2) is 4.79 Å². The van der Waals surface area contributed by atoms with Crippen molar-refractivity contribution < 1.29 is 14.3 Å². The molecule has 0 aromatic carbocycles. The van der Waals surface area contributed by atoms with Crippen LogP contribution in [-0.4, -0.2) is 47.7 Å². The van der Waals surface area contributed by atoms with E-state index in [-0.39, 0.29) is 6.04 Å². The highest BCUT2D eigenvalue weighted by molar-refractivity contribution is 7.80. The van der Waals surface area contributed by atoms with Gasteiger partial charge in [-0.2, -0.15) is 9.47 Å². The van der Waals surface area contributed by atoms with Crippen molar-refractivity contribution in [2.75, 3.05) is 25.6 Å². The fraction of sp³-hybridized carbons (Fsp3) is 0.571. The molecule has 1 amide bonds. The van der Waals surface area contributed by atoms with Gasteiger partial charge in [0.25, 0.3) is 0 Å². The van der Waals surface area contributed by atoms with Crippen LogP contribution in [0.5, 0.6) is 0 Å². The van der Waals surface area contributed by atoms with Crippen molar-refractivity contribution in [2.24, 2.45) is 5.10 Å². The number of nitrogens with one attached hydrogen (secondary N) is 3. The van der Waals surface area contributed by atoms with Crippen molar-refractivity contribution in [3.05, 3.63) is 11.3 Å². The van der Waals surface area contributed by atoms with E-state index in [4.69, 9.17) is 21.7 Å². The Labute approximate surface area is 151 Å². The van der Waals surface area contributed by atoms with E-state index in [1.54, 1.807) is 21.0 Å². The van der Waals surface area contributed by atoms with Gasteiger partial charge in [-0.15, -0.1) is 0 Å². The van der Waals surface area contributed by atoms with Gasteiger partial charge in [0.15, 0.2) is 5.11 Å². The lowest BCUT2D eigenvalue weighted by Crippen LogP contribution is -2.40. The molecule has 3 N–H and O–H groups in total. The van der Waals surface area contributed by atoms with Crippen LogP contribution in [0.4, 0.5) is 9.80 Å². The number of aromatic nitrogens is 1. The molecule has 10 heteroatoms. The molecule has 0 bridgehead atoms. The summed E-state index contributed by atoms with van der Waals surface area (Å²) in [5.41, 5.74) is 4.94. The summed E-state index contributed by atoms with van der Waals surface area (Å²) >= 11 is 6.35. The van der Waals surface area contributed by atoms with Gasteiger partial charge in [0.05, 0.1) is 30.2 Å². The van der Waals surface area contributed by atoms with Crippen molar-refractivity contribution >= 4 is 45.7 Å². The topological polar surface area (TPSA) is 96.9 Å². The summed E-state index contributed by atoms with van der Waals surface area (Å²) < 4.78 is 14.2. The number of anilines is 1. The van der Waals surface area contributed by atoms with Gasteiger partial charge in [-0.05, 0) is 51.4 Å². The van der Waals surface area contributed by atoms with E-state index >= 15 is 0 Å². The van der Waals surface area contributed by atoms with Crippen LogP contribution < -0.4 is 16.1 Å². The number of hydrazone groups is 1. The average molecular weight is 374 g/mol. The number of rotatable bonds is 7. The Hall–Kier alpha value is -1.78. The number of hydrogen-bond acceptors (Lipinski definition) is 7. The van der Waals surface area contributed by atoms with Crippen molar-refractivity contribution in [1.29, 1.82) is 0 Å². The largest absolute Gasteiger partial charge is 0.450 e. The number of amides is 1. The van der Waals surface area contributed by atoms with Crippen molar-refractivity contribution in [3.63, 3.8) is 0 Å². The van der Waals surface area contributed by atoms with Crippen LogP contribution >= 0.6 is 23.8 Å².